The maximum absolute atomic E-state index is 3.73. The number of nitrogens with one attached hydrogen (secondary N) is 1. The molecule has 1 aliphatic heterocycles. The van der Waals surface area contributed by atoms with Crippen LogP contribution in [0, 0.1) is 0 Å². The maximum Gasteiger partial charge on any atom is 0.0535 e. The SMILES string of the molecule is CC1CNC(C)(c2ccccc2)CN1Cc1ccsc1. The summed E-state index contributed by atoms with van der Waals surface area (Å²) < 4.78 is 0. The molecule has 1 N–H and O–H groups in total. The molecule has 1 aliphatic rings. The lowest BCUT2D eigenvalue weighted by molar-refractivity contribution is 0.0879. The van der Waals surface area contributed by atoms with E-state index in [-0.39, 0.29) is 5.54 Å². The first-order valence-electron chi connectivity index (χ1n) is 7.23. The highest BCUT2D eigenvalue weighted by Gasteiger charge is 2.35. The zero-order chi connectivity index (χ0) is 14.0. The molecule has 0 bridgehead atoms. The molecule has 0 spiro atoms. The molecule has 2 nitrogen and oxygen atoms in total. The van der Waals surface area contributed by atoms with Gasteiger partial charge in [-0.25, -0.2) is 0 Å². The van der Waals surface area contributed by atoms with Crippen LogP contribution in [0.15, 0.2) is 47.2 Å². The monoisotopic (exact) mass is 286 g/mol. The molecule has 2 aromatic rings. The second kappa shape index (κ2) is 5.68. The van der Waals surface area contributed by atoms with Gasteiger partial charge in [0.25, 0.3) is 0 Å². The minimum Gasteiger partial charge on any atom is -0.305 e. The van der Waals surface area contributed by atoms with E-state index in [1.54, 1.807) is 11.3 Å². The third-order valence-electron chi connectivity index (χ3n) is 4.31. The van der Waals surface area contributed by atoms with Gasteiger partial charge in [-0.1, -0.05) is 30.3 Å². The van der Waals surface area contributed by atoms with Gasteiger partial charge in [0.2, 0.25) is 0 Å². The predicted molar refractivity (Wildman–Crippen MR) is 86.0 cm³/mol. The Kier molecular flexibility index (Phi) is 3.92. The fraction of sp³-hybridized carbons (Fsp3) is 0.412. The minimum atomic E-state index is 0.0454. The Bertz CT molecular complexity index is 537. The largest absolute Gasteiger partial charge is 0.305 e. The van der Waals surface area contributed by atoms with E-state index in [9.17, 15) is 0 Å². The van der Waals surface area contributed by atoms with Crippen molar-refractivity contribution in [2.75, 3.05) is 13.1 Å². The van der Waals surface area contributed by atoms with Crippen LogP contribution in [0.25, 0.3) is 0 Å². The molecule has 2 unspecified atom stereocenters. The van der Waals surface area contributed by atoms with Crippen LogP contribution in [-0.2, 0) is 12.1 Å². The molecule has 1 fully saturated rings. The second-order valence-corrected chi connectivity index (χ2v) is 6.74. The lowest BCUT2D eigenvalue weighted by Gasteiger charge is -2.45. The van der Waals surface area contributed by atoms with Crippen LogP contribution in [0.5, 0.6) is 0 Å². The summed E-state index contributed by atoms with van der Waals surface area (Å²) in [6.45, 7) is 7.76. The van der Waals surface area contributed by atoms with Gasteiger partial charge in [-0.2, -0.15) is 11.3 Å². The van der Waals surface area contributed by atoms with E-state index in [1.165, 1.54) is 11.1 Å². The van der Waals surface area contributed by atoms with Crippen molar-refractivity contribution in [3.63, 3.8) is 0 Å². The molecule has 1 aromatic heterocycles. The van der Waals surface area contributed by atoms with E-state index in [4.69, 9.17) is 0 Å². The van der Waals surface area contributed by atoms with Gasteiger partial charge >= 0.3 is 0 Å². The van der Waals surface area contributed by atoms with Crippen LogP contribution >= 0.6 is 11.3 Å². The molecule has 3 rings (SSSR count). The van der Waals surface area contributed by atoms with E-state index >= 15 is 0 Å². The van der Waals surface area contributed by atoms with Gasteiger partial charge in [0, 0.05) is 25.7 Å². The summed E-state index contributed by atoms with van der Waals surface area (Å²) in [7, 11) is 0. The first-order valence-corrected chi connectivity index (χ1v) is 8.17. The summed E-state index contributed by atoms with van der Waals surface area (Å²) in [5.41, 5.74) is 2.85. The lowest BCUT2D eigenvalue weighted by Crippen LogP contribution is -2.59. The van der Waals surface area contributed by atoms with Crippen LogP contribution in [0.1, 0.15) is 25.0 Å². The van der Waals surface area contributed by atoms with Crippen LogP contribution < -0.4 is 5.32 Å². The number of hydrogen-bond acceptors (Lipinski definition) is 3. The highest BCUT2D eigenvalue weighted by molar-refractivity contribution is 7.07. The third kappa shape index (κ3) is 2.80. The van der Waals surface area contributed by atoms with Crippen molar-refractivity contribution < 1.29 is 0 Å². The Morgan fingerprint density at radius 2 is 2.10 bits per heavy atom. The Hall–Kier alpha value is -1.16. The van der Waals surface area contributed by atoms with Gasteiger partial charge in [0.1, 0.15) is 0 Å². The fourth-order valence-corrected chi connectivity index (χ4v) is 3.61. The van der Waals surface area contributed by atoms with Gasteiger partial charge in [-0.3, -0.25) is 4.90 Å². The van der Waals surface area contributed by atoms with Crippen molar-refractivity contribution in [1.82, 2.24) is 10.2 Å². The van der Waals surface area contributed by atoms with Crippen molar-refractivity contribution in [2.24, 2.45) is 0 Å². The number of hydrogen-bond donors (Lipinski definition) is 1. The number of piperazine rings is 1. The van der Waals surface area contributed by atoms with Crippen LogP contribution in [0.4, 0.5) is 0 Å². The van der Waals surface area contributed by atoms with Crippen molar-refractivity contribution in [1.29, 1.82) is 0 Å². The lowest BCUT2D eigenvalue weighted by atomic mass is 9.88. The third-order valence-corrected chi connectivity index (χ3v) is 5.04. The first kappa shape index (κ1) is 13.8. The summed E-state index contributed by atoms with van der Waals surface area (Å²) in [5.74, 6) is 0. The Morgan fingerprint density at radius 1 is 1.30 bits per heavy atom. The van der Waals surface area contributed by atoms with Gasteiger partial charge in [0.15, 0.2) is 0 Å². The van der Waals surface area contributed by atoms with Crippen molar-refractivity contribution in [3.05, 3.63) is 58.3 Å². The topological polar surface area (TPSA) is 15.3 Å². The zero-order valence-corrected chi connectivity index (χ0v) is 13.0. The Balaban J connectivity index is 1.78. The molecule has 2 atom stereocenters. The fourth-order valence-electron chi connectivity index (χ4n) is 2.95. The normalized spacial score (nSPS) is 27.6. The number of nitrogens with zero attached hydrogens (tertiary/aromatic N) is 1. The molecule has 0 amide bonds. The average molecular weight is 286 g/mol. The van der Waals surface area contributed by atoms with Gasteiger partial charge in [-0.15, -0.1) is 0 Å². The molecule has 20 heavy (non-hydrogen) atoms. The van der Waals surface area contributed by atoms with Crippen molar-refractivity contribution >= 4 is 11.3 Å². The summed E-state index contributed by atoms with van der Waals surface area (Å²) in [5, 5.41) is 8.16. The summed E-state index contributed by atoms with van der Waals surface area (Å²) in [6, 6.07) is 13.6. The highest BCUT2D eigenvalue weighted by Crippen LogP contribution is 2.27. The summed E-state index contributed by atoms with van der Waals surface area (Å²) in [4.78, 5) is 2.59. The molecule has 3 heteroatoms. The van der Waals surface area contributed by atoms with Gasteiger partial charge < -0.3 is 5.32 Å². The zero-order valence-electron chi connectivity index (χ0n) is 12.2. The quantitative estimate of drug-likeness (QED) is 0.929. The molecular formula is C17H22N2S. The molecule has 0 radical (unpaired) electrons. The van der Waals surface area contributed by atoms with E-state index in [1.807, 2.05) is 0 Å². The van der Waals surface area contributed by atoms with Crippen LogP contribution in [0.2, 0.25) is 0 Å². The summed E-state index contributed by atoms with van der Waals surface area (Å²) >= 11 is 1.78. The van der Waals surface area contributed by atoms with Crippen molar-refractivity contribution in [3.8, 4) is 0 Å². The van der Waals surface area contributed by atoms with E-state index in [0.29, 0.717) is 6.04 Å². The van der Waals surface area contributed by atoms with Gasteiger partial charge in [0.05, 0.1) is 5.54 Å². The number of thiophene rings is 1. The molecule has 1 aromatic carbocycles. The van der Waals surface area contributed by atoms with Crippen molar-refractivity contribution in [2.45, 2.75) is 32.0 Å². The second-order valence-electron chi connectivity index (χ2n) is 5.96. The predicted octanol–water partition coefficient (Wildman–Crippen LogP) is 3.46. The van der Waals surface area contributed by atoms with E-state index in [0.717, 1.165) is 19.6 Å². The van der Waals surface area contributed by atoms with E-state index < -0.39 is 0 Å². The summed E-state index contributed by atoms with van der Waals surface area (Å²) in [6.07, 6.45) is 0. The first-order chi connectivity index (χ1) is 9.67. The van der Waals surface area contributed by atoms with E-state index in [2.05, 4.69) is 71.2 Å². The maximum atomic E-state index is 3.73. The Morgan fingerprint density at radius 3 is 2.80 bits per heavy atom. The number of rotatable bonds is 3. The molecule has 106 valence electrons. The standard InChI is InChI=1S/C17H22N2S/c1-14-10-18-17(2,16-6-4-3-5-7-16)13-19(14)11-15-8-9-20-12-15/h3-9,12,14,18H,10-11,13H2,1-2H3. The molecule has 2 heterocycles. The smallest absolute Gasteiger partial charge is 0.0535 e. The van der Waals surface area contributed by atoms with Gasteiger partial charge in [-0.05, 0) is 41.8 Å². The van der Waals surface area contributed by atoms with Crippen LogP contribution in [0.3, 0.4) is 0 Å². The van der Waals surface area contributed by atoms with Crippen LogP contribution in [-0.4, -0.2) is 24.0 Å². The molecule has 1 saturated heterocycles. The molecule has 0 aliphatic carbocycles. The highest BCUT2D eigenvalue weighted by atomic mass is 32.1. The number of benzene rings is 1. The Labute approximate surface area is 125 Å². The average Bonchev–Trinajstić information content (AvgIpc) is 2.97. The molecular weight excluding hydrogens is 264 g/mol. The minimum absolute atomic E-state index is 0.0454. The molecule has 0 saturated carbocycles.